The summed E-state index contributed by atoms with van der Waals surface area (Å²) in [6.45, 7) is 9.76. The molecule has 2 aliphatic carbocycles. The van der Waals surface area contributed by atoms with Gasteiger partial charge < -0.3 is 0 Å². The molecular weight excluding hydrogens is 216 g/mol. The molecule has 3 atom stereocenters. The summed E-state index contributed by atoms with van der Waals surface area (Å²) in [4.78, 5) is 0. The maximum atomic E-state index is 2.60. The van der Waals surface area contributed by atoms with Crippen molar-refractivity contribution in [3.05, 3.63) is 0 Å². The van der Waals surface area contributed by atoms with Gasteiger partial charge in [-0.1, -0.05) is 59.8 Å². The minimum Gasteiger partial charge on any atom is -0.0654 e. The summed E-state index contributed by atoms with van der Waals surface area (Å²) in [6.07, 6.45) is 13.3. The van der Waals surface area contributed by atoms with Crippen molar-refractivity contribution in [3.8, 4) is 0 Å². The molecule has 2 aliphatic rings. The Bertz CT molecular complexity index is 249. The van der Waals surface area contributed by atoms with Gasteiger partial charge in [-0.2, -0.15) is 0 Å². The van der Waals surface area contributed by atoms with E-state index in [2.05, 4.69) is 27.7 Å². The SMILES string of the molecule is CCCCCC1C(C)CC1C1(C)CC(CCC)C1. The first-order valence-electron chi connectivity index (χ1n) is 8.60. The Balaban J connectivity index is 1.78. The molecule has 3 unspecified atom stereocenters. The lowest BCUT2D eigenvalue weighted by Gasteiger charge is -2.59. The Kier molecular flexibility index (Phi) is 4.78. The van der Waals surface area contributed by atoms with Crippen LogP contribution in [0.15, 0.2) is 0 Å². The highest BCUT2D eigenvalue weighted by Crippen LogP contribution is 2.62. The predicted octanol–water partition coefficient (Wildman–Crippen LogP) is 6.06. The summed E-state index contributed by atoms with van der Waals surface area (Å²) in [6, 6.07) is 0. The molecule has 2 rings (SSSR count). The Morgan fingerprint density at radius 3 is 2.28 bits per heavy atom. The van der Waals surface area contributed by atoms with Crippen molar-refractivity contribution in [2.75, 3.05) is 0 Å². The highest BCUT2D eigenvalue weighted by Gasteiger charge is 2.53. The summed E-state index contributed by atoms with van der Waals surface area (Å²) in [5.74, 6) is 4.25. The fourth-order valence-corrected chi connectivity index (χ4v) is 5.04. The number of unbranched alkanes of at least 4 members (excludes halogenated alkanes) is 2. The van der Waals surface area contributed by atoms with Gasteiger partial charge in [0.15, 0.2) is 0 Å². The maximum absolute atomic E-state index is 2.60. The van der Waals surface area contributed by atoms with E-state index in [1.807, 2.05) is 0 Å². The summed E-state index contributed by atoms with van der Waals surface area (Å²) in [5, 5.41) is 0. The third-order valence-electron chi connectivity index (χ3n) is 6.12. The van der Waals surface area contributed by atoms with Crippen LogP contribution in [0.25, 0.3) is 0 Å². The van der Waals surface area contributed by atoms with Gasteiger partial charge in [0, 0.05) is 0 Å². The topological polar surface area (TPSA) is 0 Å². The van der Waals surface area contributed by atoms with Crippen LogP contribution in [0.4, 0.5) is 0 Å². The van der Waals surface area contributed by atoms with E-state index >= 15 is 0 Å². The lowest BCUT2D eigenvalue weighted by Crippen LogP contribution is -2.51. The maximum Gasteiger partial charge on any atom is -0.0289 e. The van der Waals surface area contributed by atoms with Crippen LogP contribution in [-0.4, -0.2) is 0 Å². The van der Waals surface area contributed by atoms with Gasteiger partial charge in [-0.25, -0.2) is 0 Å². The Labute approximate surface area is 115 Å². The van der Waals surface area contributed by atoms with Gasteiger partial charge in [0.2, 0.25) is 0 Å². The average Bonchev–Trinajstić information content (AvgIpc) is 2.29. The van der Waals surface area contributed by atoms with Crippen LogP contribution in [0.2, 0.25) is 0 Å². The molecule has 0 spiro atoms. The molecule has 18 heavy (non-hydrogen) atoms. The van der Waals surface area contributed by atoms with Crippen LogP contribution >= 0.6 is 0 Å². The summed E-state index contributed by atoms with van der Waals surface area (Å²) < 4.78 is 0. The molecule has 0 bridgehead atoms. The van der Waals surface area contributed by atoms with Crippen molar-refractivity contribution in [2.45, 2.75) is 85.5 Å². The molecule has 0 aromatic rings. The first kappa shape index (κ1) is 14.4. The van der Waals surface area contributed by atoms with Crippen molar-refractivity contribution in [3.63, 3.8) is 0 Å². The zero-order chi connectivity index (χ0) is 13.2. The molecule has 106 valence electrons. The molecular formula is C18H34. The van der Waals surface area contributed by atoms with Crippen LogP contribution in [-0.2, 0) is 0 Å². The van der Waals surface area contributed by atoms with E-state index in [-0.39, 0.29) is 0 Å². The molecule has 2 saturated carbocycles. The van der Waals surface area contributed by atoms with Gasteiger partial charge in [0.25, 0.3) is 0 Å². The highest BCUT2D eigenvalue weighted by molar-refractivity contribution is 5.02. The number of hydrogen-bond acceptors (Lipinski definition) is 0. The number of rotatable bonds is 7. The first-order valence-corrected chi connectivity index (χ1v) is 8.60. The second-order valence-electron chi connectivity index (χ2n) is 7.70. The Morgan fingerprint density at radius 1 is 1.00 bits per heavy atom. The summed E-state index contributed by atoms with van der Waals surface area (Å²) >= 11 is 0. The minimum atomic E-state index is 0.739. The normalized spacial score (nSPS) is 43.3. The smallest absolute Gasteiger partial charge is 0.0289 e. The molecule has 2 fully saturated rings. The number of hydrogen-bond donors (Lipinski definition) is 0. The molecule has 0 nitrogen and oxygen atoms in total. The second-order valence-corrected chi connectivity index (χ2v) is 7.70. The second kappa shape index (κ2) is 5.97. The zero-order valence-corrected chi connectivity index (χ0v) is 13.2. The fourth-order valence-electron chi connectivity index (χ4n) is 5.04. The van der Waals surface area contributed by atoms with Crippen molar-refractivity contribution in [1.82, 2.24) is 0 Å². The Hall–Kier alpha value is 0. The van der Waals surface area contributed by atoms with Gasteiger partial charge in [-0.3, -0.25) is 0 Å². The van der Waals surface area contributed by atoms with Gasteiger partial charge >= 0.3 is 0 Å². The van der Waals surface area contributed by atoms with E-state index in [1.54, 1.807) is 12.8 Å². The largest absolute Gasteiger partial charge is 0.0654 e. The molecule has 0 radical (unpaired) electrons. The van der Waals surface area contributed by atoms with E-state index in [9.17, 15) is 0 Å². The zero-order valence-electron chi connectivity index (χ0n) is 13.2. The van der Waals surface area contributed by atoms with Crippen LogP contribution in [0.5, 0.6) is 0 Å². The van der Waals surface area contributed by atoms with E-state index in [0.29, 0.717) is 0 Å². The molecule has 0 aliphatic heterocycles. The van der Waals surface area contributed by atoms with Gasteiger partial charge in [-0.05, 0) is 54.8 Å². The van der Waals surface area contributed by atoms with E-state index in [4.69, 9.17) is 0 Å². The van der Waals surface area contributed by atoms with Crippen molar-refractivity contribution in [2.24, 2.45) is 29.1 Å². The van der Waals surface area contributed by atoms with Crippen LogP contribution in [0, 0.1) is 29.1 Å². The Morgan fingerprint density at radius 2 is 1.72 bits per heavy atom. The lowest BCUT2D eigenvalue weighted by molar-refractivity contribution is -0.0992. The summed E-state index contributed by atoms with van der Waals surface area (Å²) in [5.41, 5.74) is 0.739. The molecule has 0 aromatic carbocycles. The van der Waals surface area contributed by atoms with Crippen LogP contribution < -0.4 is 0 Å². The fraction of sp³-hybridized carbons (Fsp3) is 1.00. The van der Waals surface area contributed by atoms with E-state index < -0.39 is 0 Å². The van der Waals surface area contributed by atoms with Crippen molar-refractivity contribution in [1.29, 1.82) is 0 Å². The van der Waals surface area contributed by atoms with E-state index in [0.717, 1.165) is 29.1 Å². The average molecular weight is 250 g/mol. The molecule has 0 aromatic heterocycles. The molecule has 0 N–H and O–H groups in total. The molecule has 0 amide bonds. The summed E-state index contributed by atoms with van der Waals surface area (Å²) in [7, 11) is 0. The van der Waals surface area contributed by atoms with Gasteiger partial charge in [0.1, 0.15) is 0 Å². The lowest BCUT2D eigenvalue weighted by atomic mass is 9.46. The predicted molar refractivity (Wildman–Crippen MR) is 80.6 cm³/mol. The van der Waals surface area contributed by atoms with Crippen LogP contribution in [0.1, 0.15) is 85.5 Å². The van der Waals surface area contributed by atoms with Crippen molar-refractivity contribution < 1.29 is 0 Å². The molecule has 0 saturated heterocycles. The first-order chi connectivity index (χ1) is 8.60. The minimum absolute atomic E-state index is 0.739. The quantitative estimate of drug-likeness (QED) is 0.482. The van der Waals surface area contributed by atoms with Crippen molar-refractivity contribution >= 4 is 0 Å². The van der Waals surface area contributed by atoms with Crippen LogP contribution in [0.3, 0.4) is 0 Å². The monoisotopic (exact) mass is 250 g/mol. The third-order valence-corrected chi connectivity index (χ3v) is 6.12. The standard InChI is InChI=1S/C18H34/c1-5-7-8-10-16-14(3)11-17(16)18(4)12-15(13-18)9-6-2/h14-17H,5-13H2,1-4H3. The van der Waals surface area contributed by atoms with Gasteiger partial charge in [-0.15, -0.1) is 0 Å². The molecule has 0 heterocycles. The van der Waals surface area contributed by atoms with Gasteiger partial charge in [0.05, 0.1) is 0 Å². The highest BCUT2D eigenvalue weighted by atomic mass is 14.6. The third kappa shape index (κ3) is 2.78. The van der Waals surface area contributed by atoms with E-state index in [1.165, 1.54) is 44.9 Å². The molecule has 0 heteroatoms.